The summed E-state index contributed by atoms with van der Waals surface area (Å²) in [5.41, 5.74) is 4.60. The zero-order valence-electron chi connectivity index (χ0n) is 17.6. The molecule has 1 amide bonds. The van der Waals surface area contributed by atoms with Gasteiger partial charge in [0.05, 0.1) is 16.4 Å². The molecular formula is C23H28N4OS2. The molecule has 2 aromatic heterocycles. The topological polar surface area (TPSA) is 58.1 Å². The molecule has 158 valence electrons. The van der Waals surface area contributed by atoms with Gasteiger partial charge in [0.2, 0.25) is 5.91 Å². The average molecular weight is 441 g/mol. The van der Waals surface area contributed by atoms with Crippen molar-refractivity contribution in [3.05, 3.63) is 57.0 Å². The zero-order chi connectivity index (χ0) is 20.9. The Morgan fingerprint density at radius 2 is 1.80 bits per heavy atom. The van der Waals surface area contributed by atoms with Gasteiger partial charge in [0, 0.05) is 41.8 Å². The van der Waals surface area contributed by atoms with E-state index >= 15 is 0 Å². The lowest BCUT2D eigenvalue weighted by Crippen LogP contribution is -2.40. The van der Waals surface area contributed by atoms with Crippen molar-refractivity contribution < 1.29 is 4.79 Å². The summed E-state index contributed by atoms with van der Waals surface area (Å²) in [4.78, 5) is 24.2. The Kier molecular flexibility index (Phi) is 6.92. The minimum Gasteiger partial charge on any atom is -0.355 e. The molecule has 1 aliphatic rings. The van der Waals surface area contributed by atoms with Crippen LogP contribution >= 0.6 is 22.7 Å². The number of carbonyl (C=O) groups excluding carboxylic acids is 1. The molecular weight excluding hydrogens is 412 g/mol. The normalized spacial score (nSPS) is 15.4. The molecule has 0 atom stereocenters. The Hall–Kier alpha value is -2.09. The highest BCUT2D eigenvalue weighted by molar-refractivity contribution is 7.13. The van der Waals surface area contributed by atoms with Crippen LogP contribution in [-0.2, 0) is 17.8 Å². The van der Waals surface area contributed by atoms with Gasteiger partial charge in [-0.15, -0.1) is 22.7 Å². The van der Waals surface area contributed by atoms with Crippen molar-refractivity contribution in [3.8, 4) is 10.6 Å². The Morgan fingerprint density at radius 1 is 1.07 bits per heavy atom. The molecule has 3 heterocycles. The van der Waals surface area contributed by atoms with Crippen LogP contribution in [0.1, 0.15) is 34.8 Å². The monoisotopic (exact) mass is 440 g/mol. The number of hydrogen-bond acceptors (Lipinski definition) is 6. The summed E-state index contributed by atoms with van der Waals surface area (Å²) in [6.07, 6.45) is 2.61. The summed E-state index contributed by atoms with van der Waals surface area (Å²) < 4.78 is 0. The SMILES string of the molecule is Cc1ccc(-c2nc(CCNC(=O)C3CCN(Cc4csc(C)n4)CC3)cs2)cc1. The van der Waals surface area contributed by atoms with Crippen molar-refractivity contribution in [1.29, 1.82) is 0 Å². The Labute approximate surface area is 186 Å². The first-order chi connectivity index (χ1) is 14.6. The molecule has 0 spiro atoms. The largest absolute Gasteiger partial charge is 0.355 e. The van der Waals surface area contributed by atoms with E-state index in [1.54, 1.807) is 22.7 Å². The second-order valence-electron chi connectivity index (χ2n) is 7.96. The third-order valence-electron chi connectivity index (χ3n) is 5.54. The van der Waals surface area contributed by atoms with Crippen LogP contribution < -0.4 is 5.32 Å². The summed E-state index contributed by atoms with van der Waals surface area (Å²) in [7, 11) is 0. The van der Waals surface area contributed by atoms with E-state index < -0.39 is 0 Å². The molecule has 0 unspecified atom stereocenters. The number of likely N-dealkylation sites (tertiary alicyclic amines) is 1. The third kappa shape index (κ3) is 5.53. The molecule has 5 nitrogen and oxygen atoms in total. The number of thiazole rings is 2. The highest BCUT2D eigenvalue weighted by Gasteiger charge is 2.25. The number of amides is 1. The number of benzene rings is 1. The lowest BCUT2D eigenvalue weighted by atomic mass is 9.96. The maximum Gasteiger partial charge on any atom is 0.223 e. The van der Waals surface area contributed by atoms with Crippen molar-refractivity contribution in [3.63, 3.8) is 0 Å². The second kappa shape index (κ2) is 9.81. The minimum atomic E-state index is 0.122. The van der Waals surface area contributed by atoms with Crippen LogP contribution in [0.3, 0.4) is 0 Å². The molecule has 7 heteroatoms. The van der Waals surface area contributed by atoms with Crippen molar-refractivity contribution in [1.82, 2.24) is 20.2 Å². The van der Waals surface area contributed by atoms with Crippen molar-refractivity contribution in [2.75, 3.05) is 19.6 Å². The van der Waals surface area contributed by atoms with E-state index in [1.165, 1.54) is 5.56 Å². The standard InChI is InChI=1S/C23H28N4OS2/c1-16-3-5-19(6-4-16)23-26-20(14-30-23)7-10-24-22(28)18-8-11-27(12-9-18)13-21-15-29-17(2)25-21/h3-6,14-15,18H,7-13H2,1-2H3,(H,24,28). The fourth-order valence-corrected chi connectivity index (χ4v) is 5.24. The maximum atomic E-state index is 12.6. The number of nitrogens with zero attached hydrogens (tertiary/aromatic N) is 3. The van der Waals surface area contributed by atoms with E-state index in [-0.39, 0.29) is 11.8 Å². The molecule has 30 heavy (non-hydrogen) atoms. The summed E-state index contributed by atoms with van der Waals surface area (Å²) in [6.45, 7) is 7.59. The van der Waals surface area contributed by atoms with E-state index in [4.69, 9.17) is 4.98 Å². The molecule has 1 aromatic carbocycles. The van der Waals surface area contributed by atoms with Crippen LogP contribution in [0.2, 0.25) is 0 Å². The number of carbonyl (C=O) groups is 1. The predicted molar refractivity (Wildman–Crippen MR) is 124 cm³/mol. The van der Waals surface area contributed by atoms with Crippen LogP contribution in [0, 0.1) is 19.8 Å². The highest BCUT2D eigenvalue weighted by atomic mass is 32.1. The molecule has 0 saturated carbocycles. The van der Waals surface area contributed by atoms with Crippen LogP contribution in [0.15, 0.2) is 35.0 Å². The molecule has 1 aliphatic heterocycles. The Morgan fingerprint density at radius 3 is 2.50 bits per heavy atom. The minimum absolute atomic E-state index is 0.122. The van der Waals surface area contributed by atoms with Gasteiger partial charge in [-0.25, -0.2) is 9.97 Å². The number of piperidine rings is 1. The Bertz CT molecular complexity index is 971. The van der Waals surface area contributed by atoms with Crippen LogP contribution in [0.5, 0.6) is 0 Å². The van der Waals surface area contributed by atoms with Gasteiger partial charge in [-0.2, -0.15) is 0 Å². The fraction of sp³-hybridized carbons (Fsp3) is 0.435. The fourth-order valence-electron chi connectivity index (χ4n) is 3.77. The van der Waals surface area contributed by atoms with Gasteiger partial charge in [0.25, 0.3) is 0 Å². The van der Waals surface area contributed by atoms with Gasteiger partial charge in [-0.05, 0) is 39.8 Å². The van der Waals surface area contributed by atoms with E-state index in [0.29, 0.717) is 6.54 Å². The van der Waals surface area contributed by atoms with Crippen LogP contribution in [0.25, 0.3) is 10.6 Å². The summed E-state index contributed by atoms with van der Waals surface area (Å²) >= 11 is 3.36. The quantitative estimate of drug-likeness (QED) is 0.590. The van der Waals surface area contributed by atoms with E-state index in [9.17, 15) is 4.79 Å². The van der Waals surface area contributed by atoms with E-state index in [0.717, 1.165) is 65.9 Å². The molecule has 1 N–H and O–H groups in total. The van der Waals surface area contributed by atoms with Gasteiger partial charge < -0.3 is 5.32 Å². The van der Waals surface area contributed by atoms with Crippen molar-refractivity contribution >= 4 is 28.6 Å². The number of nitrogens with one attached hydrogen (secondary N) is 1. The lowest BCUT2D eigenvalue weighted by molar-refractivity contribution is -0.126. The predicted octanol–water partition coefficient (Wildman–Crippen LogP) is 4.45. The second-order valence-corrected chi connectivity index (χ2v) is 9.88. The van der Waals surface area contributed by atoms with Crippen LogP contribution in [-0.4, -0.2) is 40.4 Å². The van der Waals surface area contributed by atoms with E-state index in [2.05, 4.69) is 57.2 Å². The average Bonchev–Trinajstić information content (AvgIpc) is 3.38. The summed E-state index contributed by atoms with van der Waals surface area (Å²) in [5, 5.41) is 9.51. The highest BCUT2D eigenvalue weighted by Crippen LogP contribution is 2.24. The number of aryl methyl sites for hydroxylation is 2. The summed E-state index contributed by atoms with van der Waals surface area (Å²) in [5.74, 6) is 0.310. The van der Waals surface area contributed by atoms with Crippen LogP contribution in [0.4, 0.5) is 0 Å². The first-order valence-electron chi connectivity index (χ1n) is 10.5. The third-order valence-corrected chi connectivity index (χ3v) is 7.30. The molecule has 0 aliphatic carbocycles. The maximum absolute atomic E-state index is 12.6. The molecule has 1 fully saturated rings. The smallest absolute Gasteiger partial charge is 0.223 e. The van der Waals surface area contributed by atoms with Gasteiger partial charge in [0.15, 0.2) is 0 Å². The van der Waals surface area contributed by atoms with E-state index in [1.807, 2.05) is 6.92 Å². The molecule has 1 saturated heterocycles. The van der Waals surface area contributed by atoms with Gasteiger partial charge in [-0.1, -0.05) is 29.8 Å². The van der Waals surface area contributed by atoms with Gasteiger partial charge in [-0.3, -0.25) is 9.69 Å². The lowest BCUT2D eigenvalue weighted by Gasteiger charge is -2.30. The van der Waals surface area contributed by atoms with Crippen molar-refractivity contribution in [2.24, 2.45) is 5.92 Å². The number of hydrogen-bond donors (Lipinski definition) is 1. The van der Waals surface area contributed by atoms with Gasteiger partial charge in [0.1, 0.15) is 5.01 Å². The molecule has 4 rings (SSSR count). The summed E-state index contributed by atoms with van der Waals surface area (Å²) in [6, 6.07) is 8.45. The number of rotatable bonds is 7. The number of aromatic nitrogens is 2. The zero-order valence-corrected chi connectivity index (χ0v) is 19.2. The molecule has 3 aromatic rings. The Balaban J connectivity index is 1.19. The first kappa shape index (κ1) is 21.2. The first-order valence-corrected chi connectivity index (χ1v) is 12.3. The molecule has 0 radical (unpaired) electrons. The molecule has 0 bridgehead atoms. The van der Waals surface area contributed by atoms with Gasteiger partial charge >= 0.3 is 0 Å². The van der Waals surface area contributed by atoms with Crippen molar-refractivity contribution in [2.45, 2.75) is 39.7 Å².